The summed E-state index contributed by atoms with van der Waals surface area (Å²) < 4.78 is 7.64. The SMILES string of the molecule is O=C(N[C@@H]1[C@H](O)[C@@H](CO)O[C@H]1n1cnc2c(NCc3ccccc3)ncnc21)c1ccc2ccccc2c1. The number of aromatic nitrogens is 4. The van der Waals surface area contributed by atoms with Crippen LogP contribution in [0.3, 0.4) is 0 Å². The minimum atomic E-state index is -1.15. The Kier molecular flexibility index (Phi) is 6.42. The van der Waals surface area contributed by atoms with Crippen molar-refractivity contribution in [2.24, 2.45) is 0 Å². The molecule has 4 N–H and O–H groups in total. The smallest absolute Gasteiger partial charge is 0.251 e. The summed E-state index contributed by atoms with van der Waals surface area (Å²) in [5.41, 5.74) is 2.53. The third-order valence-corrected chi connectivity index (χ3v) is 6.80. The number of fused-ring (bicyclic) bond motifs is 2. The van der Waals surface area contributed by atoms with Crippen LogP contribution in [-0.2, 0) is 11.3 Å². The average molecular weight is 511 g/mol. The molecule has 192 valence electrons. The molecule has 1 fully saturated rings. The van der Waals surface area contributed by atoms with Crippen molar-refractivity contribution >= 4 is 33.7 Å². The number of rotatable bonds is 7. The Balaban J connectivity index is 1.28. The standard InChI is InChI=1S/C28H26N6O4/c35-14-21-24(36)22(33-27(37)20-11-10-18-8-4-5-9-19(18)12-20)28(38-21)34-16-32-23-25(30-15-31-26(23)34)29-13-17-6-2-1-3-7-17/h1-12,15-16,21-22,24,28,35-36H,13-14H2,(H,33,37)(H,29,30,31)/t21-,22-,24-,28-/m1/s1. The number of nitrogens with one attached hydrogen (secondary N) is 2. The van der Waals surface area contributed by atoms with E-state index in [1.54, 1.807) is 23.0 Å². The van der Waals surface area contributed by atoms with Gasteiger partial charge in [-0.15, -0.1) is 0 Å². The Bertz CT molecular complexity index is 1590. The minimum absolute atomic E-state index is 0.365. The first kappa shape index (κ1) is 24.0. The van der Waals surface area contributed by atoms with E-state index >= 15 is 0 Å². The molecule has 3 aromatic carbocycles. The number of hydrogen-bond donors (Lipinski definition) is 4. The molecular weight excluding hydrogens is 484 g/mol. The van der Waals surface area contributed by atoms with Crippen LogP contribution < -0.4 is 10.6 Å². The third kappa shape index (κ3) is 4.45. The van der Waals surface area contributed by atoms with E-state index in [1.165, 1.54) is 6.33 Å². The first-order valence-electron chi connectivity index (χ1n) is 12.3. The predicted octanol–water partition coefficient (Wildman–Crippen LogP) is 2.64. The number of aliphatic hydroxyl groups excluding tert-OH is 2. The maximum atomic E-state index is 13.2. The maximum absolute atomic E-state index is 13.2. The third-order valence-electron chi connectivity index (χ3n) is 6.80. The molecule has 1 aliphatic heterocycles. The van der Waals surface area contributed by atoms with Gasteiger partial charge in [0.1, 0.15) is 24.6 Å². The van der Waals surface area contributed by atoms with Crippen LogP contribution in [0.25, 0.3) is 21.9 Å². The van der Waals surface area contributed by atoms with E-state index in [-0.39, 0.29) is 5.91 Å². The van der Waals surface area contributed by atoms with Gasteiger partial charge in [0.15, 0.2) is 23.2 Å². The summed E-state index contributed by atoms with van der Waals surface area (Å²) in [5.74, 6) is 0.183. The summed E-state index contributed by atoms with van der Waals surface area (Å²) in [6.07, 6.45) is 0.0692. The highest BCUT2D eigenvalue weighted by atomic mass is 16.5. The zero-order chi connectivity index (χ0) is 26.1. The van der Waals surface area contributed by atoms with Gasteiger partial charge in [0.05, 0.1) is 12.9 Å². The van der Waals surface area contributed by atoms with Crippen molar-refractivity contribution in [3.05, 3.63) is 96.6 Å². The zero-order valence-electron chi connectivity index (χ0n) is 20.3. The molecule has 0 spiro atoms. The largest absolute Gasteiger partial charge is 0.394 e. The van der Waals surface area contributed by atoms with Crippen LogP contribution >= 0.6 is 0 Å². The molecule has 6 rings (SSSR count). The second-order valence-corrected chi connectivity index (χ2v) is 9.18. The quantitative estimate of drug-likeness (QED) is 0.263. The van der Waals surface area contributed by atoms with E-state index in [2.05, 4.69) is 25.6 Å². The number of carbonyl (C=O) groups is 1. The van der Waals surface area contributed by atoms with Gasteiger partial charge in [-0.05, 0) is 28.5 Å². The van der Waals surface area contributed by atoms with Crippen molar-refractivity contribution in [3.8, 4) is 0 Å². The lowest BCUT2D eigenvalue weighted by molar-refractivity contribution is -0.0440. The normalized spacial score (nSPS) is 21.1. The van der Waals surface area contributed by atoms with E-state index in [4.69, 9.17) is 4.74 Å². The Morgan fingerprint density at radius 2 is 1.76 bits per heavy atom. The number of aliphatic hydroxyl groups is 2. The molecule has 1 saturated heterocycles. The van der Waals surface area contributed by atoms with Crippen molar-refractivity contribution in [3.63, 3.8) is 0 Å². The van der Waals surface area contributed by atoms with E-state index in [1.807, 2.05) is 60.7 Å². The summed E-state index contributed by atoms with van der Waals surface area (Å²) in [7, 11) is 0. The molecule has 10 heteroatoms. The van der Waals surface area contributed by atoms with Gasteiger partial charge in [0, 0.05) is 12.1 Å². The monoisotopic (exact) mass is 510 g/mol. The highest BCUT2D eigenvalue weighted by molar-refractivity contribution is 5.98. The molecule has 5 aromatic rings. The number of anilines is 1. The lowest BCUT2D eigenvalue weighted by atomic mass is 10.0. The van der Waals surface area contributed by atoms with Crippen molar-refractivity contribution in [2.45, 2.75) is 31.0 Å². The highest BCUT2D eigenvalue weighted by Crippen LogP contribution is 2.32. The summed E-state index contributed by atoms with van der Waals surface area (Å²) in [5, 5.41) is 28.9. The molecule has 1 amide bonds. The van der Waals surface area contributed by atoms with Crippen LogP contribution in [0.2, 0.25) is 0 Å². The molecule has 4 atom stereocenters. The summed E-state index contributed by atoms with van der Waals surface area (Å²) in [6.45, 7) is 0.140. The molecule has 0 saturated carbocycles. The van der Waals surface area contributed by atoms with Gasteiger partial charge >= 0.3 is 0 Å². The first-order chi connectivity index (χ1) is 18.6. The van der Waals surface area contributed by atoms with Crippen LogP contribution in [0, 0.1) is 0 Å². The van der Waals surface area contributed by atoms with Gasteiger partial charge < -0.3 is 25.6 Å². The summed E-state index contributed by atoms with van der Waals surface area (Å²) in [4.78, 5) is 26.5. The number of benzene rings is 3. The lowest BCUT2D eigenvalue weighted by Gasteiger charge is -2.23. The van der Waals surface area contributed by atoms with Crippen LogP contribution in [-0.4, -0.2) is 60.5 Å². The Morgan fingerprint density at radius 3 is 2.58 bits per heavy atom. The number of ether oxygens (including phenoxy) is 1. The van der Waals surface area contributed by atoms with Gasteiger partial charge in [0.25, 0.3) is 5.91 Å². The van der Waals surface area contributed by atoms with Gasteiger partial charge in [-0.1, -0.05) is 60.7 Å². The fourth-order valence-corrected chi connectivity index (χ4v) is 4.80. The number of hydrogen-bond acceptors (Lipinski definition) is 8. The van der Waals surface area contributed by atoms with Gasteiger partial charge in [0.2, 0.25) is 0 Å². The van der Waals surface area contributed by atoms with E-state index < -0.39 is 31.1 Å². The molecule has 10 nitrogen and oxygen atoms in total. The highest BCUT2D eigenvalue weighted by Gasteiger charge is 2.46. The van der Waals surface area contributed by atoms with Crippen LogP contribution in [0.5, 0.6) is 0 Å². The number of nitrogens with zero attached hydrogens (tertiary/aromatic N) is 4. The van der Waals surface area contributed by atoms with Crippen molar-refractivity contribution in [1.29, 1.82) is 0 Å². The van der Waals surface area contributed by atoms with Crippen molar-refractivity contribution in [2.75, 3.05) is 11.9 Å². The molecule has 3 heterocycles. The lowest BCUT2D eigenvalue weighted by Crippen LogP contribution is -2.46. The molecular formula is C28H26N6O4. The Morgan fingerprint density at radius 1 is 0.974 bits per heavy atom. The summed E-state index contributed by atoms with van der Waals surface area (Å²) in [6, 6.07) is 22.2. The fraction of sp³-hybridized carbons (Fsp3) is 0.214. The average Bonchev–Trinajstić information content (AvgIpc) is 3.53. The molecule has 0 aliphatic carbocycles. The first-order valence-corrected chi connectivity index (χ1v) is 12.3. The van der Waals surface area contributed by atoms with E-state index in [9.17, 15) is 15.0 Å². The molecule has 2 aromatic heterocycles. The zero-order valence-corrected chi connectivity index (χ0v) is 20.3. The van der Waals surface area contributed by atoms with Gasteiger partial charge in [-0.3, -0.25) is 9.36 Å². The second-order valence-electron chi connectivity index (χ2n) is 9.18. The Labute approximate surface area is 217 Å². The van der Waals surface area contributed by atoms with Crippen molar-refractivity contribution < 1.29 is 19.7 Å². The van der Waals surface area contributed by atoms with Crippen LogP contribution in [0.4, 0.5) is 5.82 Å². The summed E-state index contributed by atoms with van der Waals surface area (Å²) >= 11 is 0. The molecule has 1 aliphatic rings. The molecule has 38 heavy (non-hydrogen) atoms. The molecule has 0 bridgehead atoms. The van der Waals surface area contributed by atoms with E-state index in [0.717, 1.165) is 16.3 Å². The number of amides is 1. The molecule has 0 unspecified atom stereocenters. The molecule has 0 radical (unpaired) electrons. The van der Waals surface area contributed by atoms with Crippen LogP contribution in [0.1, 0.15) is 22.1 Å². The number of carbonyl (C=O) groups excluding carboxylic acids is 1. The Hall–Kier alpha value is -4.38. The van der Waals surface area contributed by atoms with Crippen molar-refractivity contribution in [1.82, 2.24) is 24.8 Å². The minimum Gasteiger partial charge on any atom is -0.394 e. The topological polar surface area (TPSA) is 134 Å². The van der Waals surface area contributed by atoms with Gasteiger partial charge in [-0.2, -0.15) is 0 Å². The maximum Gasteiger partial charge on any atom is 0.251 e. The van der Waals surface area contributed by atoms with Gasteiger partial charge in [-0.25, -0.2) is 15.0 Å². The predicted molar refractivity (Wildman–Crippen MR) is 141 cm³/mol. The number of imidazole rings is 1. The second kappa shape index (κ2) is 10.2. The fourth-order valence-electron chi connectivity index (χ4n) is 4.80. The van der Waals surface area contributed by atoms with Crippen LogP contribution in [0.15, 0.2) is 85.5 Å². The van der Waals surface area contributed by atoms with E-state index in [0.29, 0.717) is 29.1 Å².